The number of ether oxygens (including phenoxy) is 5. The van der Waals surface area contributed by atoms with E-state index in [0.29, 0.717) is 6.92 Å². The van der Waals surface area contributed by atoms with E-state index in [0.717, 1.165) is 20.8 Å². The molecule has 51 heavy (non-hydrogen) atoms. The highest BCUT2D eigenvalue weighted by molar-refractivity contribution is 7.99. The summed E-state index contributed by atoms with van der Waals surface area (Å²) in [6, 6.07) is 0. The van der Waals surface area contributed by atoms with Crippen LogP contribution in [0.3, 0.4) is 0 Å². The van der Waals surface area contributed by atoms with Gasteiger partial charge in [0.2, 0.25) is 0 Å². The fraction of sp³-hybridized carbons (Fsp3) is 0.833. The topological polar surface area (TPSA) is 114 Å². The summed E-state index contributed by atoms with van der Waals surface area (Å²) in [7, 11) is 0. The van der Waals surface area contributed by atoms with E-state index in [4.69, 9.17) is 18.9 Å². The molecule has 0 aromatic rings. The van der Waals surface area contributed by atoms with E-state index in [9.17, 15) is 93.8 Å². The summed E-state index contributed by atoms with van der Waals surface area (Å²) in [6.45, 7) is 2.03. The van der Waals surface area contributed by atoms with Gasteiger partial charge >= 0.3 is 71.5 Å². The smallest absolute Gasteiger partial charge is 0.460 e. The van der Waals surface area contributed by atoms with Crippen LogP contribution < -0.4 is 0 Å². The average molecular weight is 810 g/mol. The molecule has 1 aliphatic rings. The zero-order valence-electron chi connectivity index (χ0n) is 25.5. The maximum Gasteiger partial charge on any atom is 0.460 e. The molecule has 0 bridgehead atoms. The van der Waals surface area contributed by atoms with E-state index in [-0.39, 0.29) is 11.8 Å². The fourth-order valence-corrected chi connectivity index (χ4v) is 5.21. The number of carbonyl (C=O) groups is 4. The summed E-state index contributed by atoms with van der Waals surface area (Å²) in [5.74, 6) is -64.2. The Balaban J connectivity index is 3.54. The lowest BCUT2D eigenvalue weighted by Crippen LogP contribution is -2.74. The maximum atomic E-state index is 14.5. The van der Waals surface area contributed by atoms with Crippen LogP contribution in [0.2, 0.25) is 0 Å². The minimum atomic E-state index is -8.79. The normalized spacial score (nSPS) is 23.0. The van der Waals surface area contributed by atoms with Crippen LogP contribution in [0.1, 0.15) is 34.1 Å². The molecule has 0 saturated carbocycles. The Morgan fingerprint density at radius 1 is 0.529 bits per heavy atom. The summed E-state index contributed by atoms with van der Waals surface area (Å²) in [5, 5.41) is 0. The zero-order valence-corrected chi connectivity index (χ0v) is 26.3. The van der Waals surface area contributed by atoms with E-state index < -0.39 is 120 Å². The lowest BCUT2D eigenvalue weighted by atomic mass is 9.88. The van der Waals surface area contributed by atoms with Crippen molar-refractivity contribution in [3.8, 4) is 0 Å². The van der Waals surface area contributed by atoms with Crippen LogP contribution in [0.25, 0.3) is 0 Å². The first-order valence-corrected chi connectivity index (χ1v) is 14.2. The number of rotatable bonds is 15. The van der Waals surface area contributed by atoms with Gasteiger partial charge in [-0.05, 0) is 0 Å². The number of carbonyl (C=O) groups excluding carboxylic acids is 4. The Morgan fingerprint density at radius 2 is 0.902 bits per heavy atom. The van der Waals surface area contributed by atoms with Crippen molar-refractivity contribution in [2.45, 2.75) is 112 Å². The van der Waals surface area contributed by atoms with Crippen LogP contribution in [0.15, 0.2) is 0 Å². The van der Waals surface area contributed by atoms with Crippen LogP contribution in [-0.2, 0) is 42.9 Å². The third kappa shape index (κ3) is 8.80. The molecule has 1 aliphatic heterocycles. The van der Waals surface area contributed by atoms with Gasteiger partial charge in [0.05, 0.1) is 0 Å². The Hall–Kier alpha value is -3.00. The molecule has 1 fully saturated rings. The molecule has 5 atom stereocenters. The van der Waals surface area contributed by atoms with Gasteiger partial charge < -0.3 is 23.7 Å². The van der Waals surface area contributed by atoms with Gasteiger partial charge in [-0.1, -0.05) is 0 Å². The molecule has 0 spiro atoms. The number of halogens is 17. The molecule has 0 unspecified atom stereocenters. The second-order valence-corrected chi connectivity index (χ2v) is 11.5. The standard InChI is InChI=1S/C24H23F17O9S/c1-8(42)46-7-12-13(47-9(2)43)14(48-10(3)44)15(49-11(4)45)16(50-12)51-6-5-17(25,26)18(27,28)19(29,30)20(31,32)21(33,34)22(35,36)23(37,38)24(39,40)41/h12-16H,5-7H2,1-4H3/t12-,13-,14+,15-,16+/m1/s1. The van der Waals surface area contributed by atoms with Gasteiger partial charge in [0.15, 0.2) is 18.3 Å². The Morgan fingerprint density at radius 3 is 1.29 bits per heavy atom. The lowest BCUT2D eigenvalue weighted by Gasteiger charge is -2.44. The number of hydrogen-bond donors (Lipinski definition) is 0. The molecular formula is C24H23F17O9S. The molecule has 9 nitrogen and oxygen atoms in total. The van der Waals surface area contributed by atoms with Crippen LogP contribution in [0.4, 0.5) is 74.6 Å². The van der Waals surface area contributed by atoms with Crippen molar-refractivity contribution in [3.05, 3.63) is 0 Å². The van der Waals surface area contributed by atoms with Crippen molar-refractivity contribution in [2.24, 2.45) is 0 Å². The van der Waals surface area contributed by atoms with Crippen molar-refractivity contribution in [1.82, 2.24) is 0 Å². The van der Waals surface area contributed by atoms with Crippen molar-refractivity contribution in [1.29, 1.82) is 0 Å². The van der Waals surface area contributed by atoms with E-state index >= 15 is 0 Å². The molecule has 0 N–H and O–H groups in total. The Labute approximate surface area is 277 Å². The number of hydrogen-bond acceptors (Lipinski definition) is 10. The molecule has 0 aromatic heterocycles. The van der Waals surface area contributed by atoms with E-state index in [1.54, 1.807) is 0 Å². The van der Waals surface area contributed by atoms with Crippen LogP contribution >= 0.6 is 11.8 Å². The van der Waals surface area contributed by atoms with Gasteiger partial charge in [0.1, 0.15) is 18.1 Å². The van der Waals surface area contributed by atoms with Gasteiger partial charge in [-0.25, -0.2) is 0 Å². The number of esters is 4. The monoisotopic (exact) mass is 810 g/mol. The van der Waals surface area contributed by atoms with Gasteiger partial charge in [-0.2, -0.15) is 74.6 Å². The first kappa shape index (κ1) is 46.0. The summed E-state index contributed by atoms with van der Waals surface area (Å²) < 4.78 is 256. The first-order valence-electron chi connectivity index (χ1n) is 13.2. The van der Waals surface area contributed by atoms with E-state index in [1.165, 1.54) is 0 Å². The van der Waals surface area contributed by atoms with Gasteiger partial charge in [0.25, 0.3) is 0 Å². The second kappa shape index (κ2) is 15.2. The van der Waals surface area contributed by atoms with Crippen molar-refractivity contribution < 1.29 is 117 Å². The van der Waals surface area contributed by atoms with Crippen LogP contribution in [-0.4, -0.2) is 114 Å². The summed E-state index contributed by atoms with van der Waals surface area (Å²) in [5.41, 5.74) is -2.12. The maximum absolute atomic E-state index is 14.5. The molecule has 1 saturated heterocycles. The predicted octanol–water partition coefficient (Wildman–Crippen LogP) is 6.20. The average Bonchev–Trinajstić information content (AvgIpc) is 2.92. The molecule has 0 aromatic carbocycles. The second-order valence-electron chi connectivity index (χ2n) is 10.3. The van der Waals surface area contributed by atoms with E-state index in [2.05, 4.69) is 4.74 Å². The molecule has 27 heteroatoms. The van der Waals surface area contributed by atoms with E-state index in [1.807, 2.05) is 0 Å². The highest BCUT2D eigenvalue weighted by Gasteiger charge is 2.95. The zero-order chi connectivity index (χ0) is 40.6. The lowest BCUT2D eigenvalue weighted by molar-refractivity contribution is -0.461. The summed E-state index contributed by atoms with van der Waals surface area (Å²) in [6.07, 6.45) is -18.6. The number of thioether (sulfide) groups is 1. The summed E-state index contributed by atoms with van der Waals surface area (Å²) >= 11 is -0.296. The highest BCUT2D eigenvalue weighted by Crippen LogP contribution is 2.64. The minimum absolute atomic E-state index is 0.296. The van der Waals surface area contributed by atoms with Gasteiger partial charge in [-0.15, -0.1) is 11.8 Å². The molecule has 1 rings (SSSR count). The van der Waals surface area contributed by atoms with Gasteiger partial charge in [0, 0.05) is 39.9 Å². The molecule has 1 heterocycles. The predicted molar refractivity (Wildman–Crippen MR) is 130 cm³/mol. The van der Waals surface area contributed by atoms with Gasteiger partial charge in [-0.3, -0.25) is 19.2 Å². The fourth-order valence-electron chi connectivity index (χ4n) is 3.98. The minimum Gasteiger partial charge on any atom is -0.463 e. The molecule has 0 amide bonds. The quantitative estimate of drug-likeness (QED) is 0.108. The largest absolute Gasteiger partial charge is 0.463 e. The third-order valence-corrected chi connectivity index (χ3v) is 7.58. The Bertz CT molecular complexity index is 1290. The summed E-state index contributed by atoms with van der Waals surface area (Å²) in [4.78, 5) is 46.5. The highest BCUT2D eigenvalue weighted by atomic mass is 32.2. The third-order valence-electron chi connectivity index (χ3n) is 6.43. The molecule has 298 valence electrons. The van der Waals surface area contributed by atoms with Crippen molar-refractivity contribution in [2.75, 3.05) is 12.4 Å². The molecule has 0 aliphatic carbocycles. The van der Waals surface area contributed by atoms with Crippen LogP contribution in [0.5, 0.6) is 0 Å². The SMILES string of the molecule is CC(=O)OC[C@H]1O[C@@H](SCCC(F)(F)C(F)(F)C(F)(F)C(F)(F)C(F)(F)C(F)(F)C(F)(F)C(F)(F)F)[C@H](OC(C)=O)[C@@H](OC(C)=O)[C@@H]1OC(C)=O. The molecule has 0 radical (unpaired) electrons. The first-order chi connectivity index (χ1) is 22.5. The Kier molecular flexibility index (Phi) is 13.7. The van der Waals surface area contributed by atoms with Crippen molar-refractivity contribution in [3.63, 3.8) is 0 Å². The molecular weight excluding hydrogens is 787 g/mol. The van der Waals surface area contributed by atoms with Crippen LogP contribution in [0, 0.1) is 0 Å². The number of alkyl halides is 17. The van der Waals surface area contributed by atoms with Crippen molar-refractivity contribution >= 4 is 35.6 Å².